The van der Waals surface area contributed by atoms with E-state index >= 15 is 0 Å². The molecule has 0 saturated heterocycles. The first-order valence-electron chi connectivity index (χ1n) is 8.19. The second-order valence-electron chi connectivity index (χ2n) is 5.75. The number of aryl methyl sites for hydroxylation is 1. The lowest BCUT2D eigenvalue weighted by Crippen LogP contribution is -2.18. The van der Waals surface area contributed by atoms with E-state index in [-0.39, 0.29) is 0 Å². The Morgan fingerprint density at radius 1 is 0.769 bits per heavy atom. The molecule has 0 amide bonds. The van der Waals surface area contributed by atoms with Crippen molar-refractivity contribution in [2.75, 3.05) is 17.7 Å². The summed E-state index contributed by atoms with van der Waals surface area (Å²) >= 11 is 5.35. The number of ether oxygens (including phenoxy) is 2. The van der Waals surface area contributed by atoms with E-state index in [4.69, 9.17) is 21.7 Å². The zero-order chi connectivity index (χ0) is 18.4. The first-order chi connectivity index (χ1) is 12.6. The minimum Gasteiger partial charge on any atom is -0.497 e. The fraction of sp³-hybridized carbons (Fsp3) is 0.0952. The second-order valence-corrected chi connectivity index (χ2v) is 6.16. The normalized spacial score (nSPS) is 10.1. The Labute approximate surface area is 158 Å². The largest absolute Gasteiger partial charge is 0.497 e. The van der Waals surface area contributed by atoms with Crippen LogP contribution in [0.25, 0.3) is 0 Å². The number of thiocarbonyl (C=S) groups is 1. The van der Waals surface area contributed by atoms with Crippen molar-refractivity contribution in [3.05, 3.63) is 78.4 Å². The Bertz CT molecular complexity index is 877. The van der Waals surface area contributed by atoms with Gasteiger partial charge in [-0.15, -0.1) is 0 Å². The van der Waals surface area contributed by atoms with Crippen LogP contribution in [0.4, 0.5) is 11.4 Å². The summed E-state index contributed by atoms with van der Waals surface area (Å²) in [5, 5.41) is 6.79. The number of anilines is 2. The molecule has 3 aromatic carbocycles. The summed E-state index contributed by atoms with van der Waals surface area (Å²) in [4.78, 5) is 0. The monoisotopic (exact) mass is 364 g/mol. The summed E-state index contributed by atoms with van der Waals surface area (Å²) in [5.74, 6) is 2.35. The average Bonchev–Trinajstić information content (AvgIpc) is 2.65. The minimum atomic E-state index is 0.505. The van der Waals surface area contributed by atoms with Gasteiger partial charge in [0.15, 0.2) is 5.11 Å². The Morgan fingerprint density at radius 3 is 2.04 bits per heavy atom. The van der Waals surface area contributed by atoms with E-state index < -0.39 is 0 Å². The van der Waals surface area contributed by atoms with Gasteiger partial charge in [0.2, 0.25) is 0 Å². The molecule has 0 unspecified atom stereocenters. The molecule has 0 aliphatic rings. The molecular weight excluding hydrogens is 344 g/mol. The second kappa shape index (κ2) is 8.36. The van der Waals surface area contributed by atoms with Gasteiger partial charge in [-0.2, -0.15) is 0 Å². The van der Waals surface area contributed by atoms with Crippen molar-refractivity contribution >= 4 is 28.7 Å². The van der Waals surface area contributed by atoms with Gasteiger partial charge in [-0.3, -0.25) is 0 Å². The molecular formula is C21H20N2O2S. The highest BCUT2D eigenvalue weighted by atomic mass is 32.1. The van der Waals surface area contributed by atoms with Crippen molar-refractivity contribution in [3.8, 4) is 17.2 Å². The molecule has 0 aliphatic heterocycles. The molecule has 0 heterocycles. The molecule has 0 saturated carbocycles. The van der Waals surface area contributed by atoms with Crippen LogP contribution in [0.2, 0.25) is 0 Å². The van der Waals surface area contributed by atoms with Gasteiger partial charge in [0.1, 0.15) is 17.2 Å². The molecule has 2 N–H and O–H groups in total. The zero-order valence-corrected chi connectivity index (χ0v) is 15.5. The first kappa shape index (κ1) is 17.8. The van der Waals surface area contributed by atoms with Crippen LogP contribution in [0.15, 0.2) is 72.8 Å². The molecule has 0 radical (unpaired) electrons. The van der Waals surface area contributed by atoms with Crippen LogP contribution in [0.3, 0.4) is 0 Å². The van der Waals surface area contributed by atoms with Crippen LogP contribution in [-0.4, -0.2) is 12.2 Å². The van der Waals surface area contributed by atoms with Gasteiger partial charge in [0.25, 0.3) is 0 Å². The van der Waals surface area contributed by atoms with Gasteiger partial charge in [0, 0.05) is 17.4 Å². The number of hydrogen-bond donors (Lipinski definition) is 2. The lowest BCUT2D eigenvalue weighted by Gasteiger charge is -2.12. The highest BCUT2D eigenvalue weighted by Crippen LogP contribution is 2.23. The van der Waals surface area contributed by atoms with Gasteiger partial charge >= 0.3 is 0 Å². The summed E-state index contributed by atoms with van der Waals surface area (Å²) in [6.07, 6.45) is 0. The van der Waals surface area contributed by atoms with Crippen molar-refractivity contribution in [1.82, 2.24) is 0 Å². The van der Waals surface area contributed by atoms with Gasteiger partial charge in [-0.25, -0.2) is 0 Å². The fourth-order valence-electron chi connectivity index (χ4n) is 2.34. The molecule has 0 aliphatic carbocycles. The van der Waals surface area contributed by atoms with Gasteiger partial charge in [-0.05, 0) is 67.7 Å². The van der Waals surface area contributed by atoms with Gasteiger partial charge in [-0.1, -0.05) is 23.8 Å². The van der Waals surface area contributed by atoms with Crippen molar-refractivity contribution in [2.45, 2.75) is 6.92 Å². The lowest BCUT2D eigenvalue weighted by atomic mass is 10.2. The van der Waals surface area contributed by atoms with Crippen LogP contribution >= 0.6 is 12.2 Å². The zero-order valence-electron chi connectivity index (χ0n) is 14.7. The smallest absolute Gasteiger partial charge is 0.175 e. The van der Waals surface area contributed by atoms with E-state index in [2.05, 4.69) is 10.6 Å². The summed E-state index contributed by atoms with van der Waals surface area (Å²) < 4.78 is 11.0. The van der Waals surface area contributed by atoms with Crippen LogP contribution in [0.5, 0.6) is 17.2 Å². The predicted molar refractivity (Wildman–Crippen MR) is 111 cm³/mol. The topological polar surface area (TPSA) is 42.5 Å². The number of methoxy groups -OCH3 is 1. The molecule has 0 aromatic heterocycles. The SMILES string of the molecule is COc1cccc(NC(=S)Nc2ccc(Oc3ccc(C)cc3)cc2)c1. The molecule has 132 valence electrons. The Morgan fingerprint density at radius 2 is 1.38 bits per heavy atom. The fourth-order valence-corrected chi connectivity index (χ4v) is 2.58. The Balaban J connectivity index is 1.58. The van der Waals surface area contributed by atoms with E-state index in [0.29, 0.717) is 5.11 Å². The van der Waals surface area contributed by atoms with Gasteiger partial charge in [0.05, 0.1) is 7.11 Å². The van der Waals surface area contributed by atoms with E-state index in [1.807, 2.05) is 79.7 Å². The number of rotatable bonds is 5. The Hall–Kier alpha value is -3.05. The first-order valence-corrected chi connectivity index (χ1v) is 8.60. The van der Waals surface area contributed by atoms with Gasteiger partial charge < -0.3 is 20.1 Å². The number of hydrogen-bond acceptors (Lipinski definition) is 3. The molecule has 3 rings (SSSR count). The third-order valence-electron chi connectivity index (χ3n) is 3.70. The van der Waals surface area contributed by atoms with E-state index in [0.717, 1.165) is 28.6 Å². The van der Waals surface area contributed by atoms with Crippen LogP contribution in [-0.2, 0) is 0 Å². The highest BCUT2D eigenvalue weighted by Gasteiger charge is 2.02. The quantitative estimate of drug-likeness (QED) is 0.577. The van der Waals surface area contributed by atoms with Crippen molar-refractivity contribution in [2.24, 2.45) is 0 Å². The number of nitrogens with one attached hydrogen (secondary N) is 2. The third-order valence-corrected chi connectivity index (χ3v) is 3.90. The van der Waals surface area contributed by atoms with Crippen molar-refractivity contribution in [1.29, 1.82) is 0 Å². The molecule has 5 heteroatoms. The predicted octanol–water partition coefficient (Wildman–Crippen LogP) is 5.60. The third kappa shape index (κ3) is 4.97. The summed E-state index contributed by atoms with van der Waals surface area (Å²) in [7, 11) is 1.63. The molecule has 26 heavy (non-hydrogen) atoms. The van der Waals surface area contributed by atoms with Crippen LogP contribution in [0, 0.1) is 6.92 Å². The summed E-state index contributed by atoms with van der Waals surface area (Å²) in [5.41, 5.74) is 2.94. The van der Waals surface area contributed by atoms with Crippen molar-refractivity contribution < 1.29 is 9.47 Å². The molecule has 0 spiro atoms. The molecule has 4 nitrogen and oxygen atoms in total. The summed E-state index contributed by atoms with van der Waals surface area (Å²) in [6.45, 7) is 2.05. The molecule has 0 atom stereocenters. The maximum Gasteiger partial charge on any atom is 0.175 e. The van der Waals surface area contributed by atoms with Crippen molar-refractivity contribution in [3.63, 3.8) is 0 Å². The molecule has 3 aromatic rings. The number of benzene rings is 3. The van der Waals surface area contributed by atoms with E-state index in [9.17, 15) is 0 Å². The minimum absolute atomic E-state index is 0.505. The van der Waals surface area contributed by atoms with E-state index in [1.54, 1.807) is 7.11 Å². The van der Waals surface area contributed by atoms with E-state index in [1.165, 1.54) is 5.56 Å². The highest BCUT2D eigenvalue weighted by molar-refractivity contribution is 7.80. The average molecular weight is 364 g/mol. The standard InChI is InChI=1S/C21H20N2O2S/c1-15-6-10-18(11-7-15)25-19-12-8-16(9-13-19)22-21(26)23-17-4-3-5-20(14-17)24-2/h3-14H,1-2H3,(H2,22,23,26). The summed E-state index contributed by atoms with van der Waals surface area (Å²) in [6, 6.07) is 23.2. The Kier molecular flexibility index (Phi) is 5.71. The molecule has 0 bridgehead atoms. The van der Waals surface area contributed by atoms with Crippen LogP contribution < -0.4 is 20.1 Å². The lowest BCUT2D eigenvalue weighted by molar-refractivity contribution is 0.415. The maximum atomic E-state index is 5.82. The molecule has 0 fully saturated rings. The maximum absolute atomic E-state index is 5.82. The van der Waals surface area contributed by atoms with Crippen LogP contribution in [0.1, 0.15) is 5.56 Å².